The summed E-state index contributed by atoms with van der Waals surface area (Å²) in [5.41, 5.74) is 3.70. The molecule has 4 rings (SSSR count). The van der Waals surface area contributed by atoms with Gasteiger partial charge in [-0.15, -0.1) is 0 Å². The number of rotatable bonds is 7. The summed E-state index contributed by atoms with van der Waals surface area (Å²) in [4.78, 5) is 28.5. The molecule has 0 unspecified atom stereocenters. The molecule has 0 bridgehead atoms. The van der Waals surface area contributed by atoms with E-state index in [9.17, 15) is 14.0 Å². The molecule has 0 saturated heterocycles. The van der Waals surface area contributed by atoms with E-state index in [1.165, 1.54) is 29.7 Å². The first-order valence-corrected chi connectivity index (χ1v) is 9.97. The van der Waals surface area contributed by atoms with Crippen molar-refractivity contribution in [1.82, 2.24) is 10.1 Å². The monoisotopic (exact) mass is 408 g/mol. The number of esters is 1. The van der Waals surface area contributed by atoms with E-state index in [0.717, 1.165) is 19.3 Å². The Morgan fingerprint density at radius 1 is 1.03 bits per heavy atom. The SMILES string of the molecule is O=C(CCc1nc(-c2ccc(F)cc2)no1)OCC(=O)c1ccc2c(c1)CCCC2. The molecule has 0 radical (unpaired) electrons. The normalized spacial score (nSPS) is 13.0. The maximum atomic E-state index is 13.0. The Morgan fingerprint density at radius 3 is 2.60 bits per heavy atom. The molecule has 30 heavy (non-hydrogen) atoms. The van der Waals surface area contributed by atoms with Gasteiger partial charge in [-0.25, -0.2) is 4.39 Å². The second-order valence-electron chi connectivity index (χ2n) is 7.29. The number of aromatic nitrogens is 2. The highest BCUT2D eigenvalue weighted by molar-refractivity contribution is 5.98. The highest BCUT2D eigenvalue weighted by Crippen LogP contribution is 2.22. The second kappa shape index (κ2) is 8.98. The van der Waals surface area contributed by atoms with Gasteiger partial charge in [0.15, 0.2) is 12.4 Å². The second-order valence-corrected chi connectivity index (χ2v) is 7.29. The Balaban J connectivity index is 1.26. The van der Waals surface area contributed by atoms with Gasteiger partial charge in [0.1, 0.15) is 5.82 Å². The van der Waals surface area contributed by atoms with Crippen LogP contribution < -0.4 is 0 Å². The zero-order valence-corrected chi connectivity index (χ0v) is 16.4. The summed E-state index contributed by atoms with van der Waals surface area (Å²) in [5, 5.41) is 3.83. The first-order valence-electron chi connectivity index (χ1n) is 9.97. The summed E-state index contributed by atoms with van der Waals surface area (Å²) in [6, 6.07) is 11.4. The minimum atomic E-state index is -0.511. The van der Waals surface area contributed by atoms with Crippen molar-refractivity contribution >= 4 is 11.8 Å². The van der Waals surface area contributed by atoms with Gasteiger partial charge in [-0.05, 0) is 67.1 Å². The molecule has 0 spiro atoms. The number of fused-ring (bicyclic) bond motifs is 1. The first-order chi connectivity index (χ1) is 14.6. The minimum absolute atomic E-state index is 0.0164. The number of aryl methyl sites for hydroxylation is 3. The Morgan fingerprint density at radius 2 is 1.80 bits per heavy atom. The molecule has 0 amide bonds. The summed E-state index contributed by atoms with van der Waals surface area (Å²) in [6.07, 6.45) is 4.57. The fraction of sp³-hybridized carbons (Fsp3) is 0.304. The van der Waals surface area contributed by atoms with Gasteiger partial charge in [0, 0.05) is 17.5 Å². The fourth-order valence-corrected chi connectivity index (χ4v) is 3.49. The maximum absolute atomic E-state index is 13.0. The van der Waals surface area contributed by atoms with Gasteiger partial charge in [0.2, 0.25) is 11.7 Å². The van der Waals surface area contributed by atoms with Crippen LogP contribution in [-0.2, 0) is 28.8 Å². The summed E-state index contributed by atoms with van der Waals surface area (Å²) < 4.78 is 23.2. The molecule has 7 heteroatoms. The number of Topliss-reactive ketones (excluding diaryl/α,β-unsaturated/α-hetero) is 1. The molecule has 1 heterocycles. The van der Waals surface area contributed by atoms with E-state index in [2.05, 4.69) is 10.1 Å². The summed E-state index contributed by atoms with van der Waals surface area (Å²) in [6.45, 7) is -0.289. The Hall–Kier alpha value is -3.35. The molecule has 3 aromatic rings. The van der Waals surface area contributed by atoms with Crippen molar-refractivity contribution in [2.75, 3.05) is 6.61 Å². The highest BCUT2D eigenvalue weighted by atomic mass is 19.1. The van der Waals surface area contributed by atoms with E-state index in [1.807, 2.05) is 12.1 Å². The number of halogens is 1. The van der Waals surface area contributed by atoms with Crippen molar-refractivity contribution in [3.05, 3.63) is 70.9 Å². The lowest BCUT2D eigenvalue weighted by atomic mass is 9.90. The lowest BCUT2D eigenvalue weighted by Crippen LogP contribution is -2.15. The molecular formula is C23H21FN2O4. The number of nitrogens with zero attached hydrogens (tertiary/aromatic N) is 2. The molecule has 0 N–H and O–H groups in total. The van der Waals surface area contributed by atoms with Crippen molar-refractivity contribution in [3.63, 3.8) is 0 Å². The number of benzene rings is 2. The molecule has 1 aromatic heterocycles. The average Bonchev–Trinajstić information content (AvgIpc) is 3.25. The van der Waals surface area contributed by atoms with E-state index in [4.69, 9.17) is 9.26 Å². The predicted molar refractivity (Wildman–Crippen MR) is 106 cm³/mol. The lowest BCUT2D eigenvalue weighted by Gasteiger charge is -2.16. The summed E-state index contributed by atoms with van der Waals surface area (Å²) in [5.74, 6) is -0.487. The van der Waals surface area contributed by atoms with Gasteiger partial charge in [-0.3, -0.25) is 9.59 Å². The lowest BCUT2D eigenvalue weighted by molar-refractivity contribution is -0.142. The number of carbonyl (C=O) groups excluding carboxylic acids is 2. The van der Waals surface area contributed by atoms with Crippen molar-refractivity contribution in [2.45, 2.75) is 38.5 Å². The van der Waals surface area contributed by atoms with Gasteiger partial charge in [0.05, 0.1) is 6.42 Å². The molecule has 154 valence electrons. The number of hydrogen-bond acceptors (Lipinski definition) is 6. The van der Waals surface area contributed by atoms with Crippen molar-refractivity contribution < 1.29 is 23.2 Å². The summed E-state index contributed by atoms with van der Waals surface area (Å²) in [7, 11) is 0. The minimum Gasteiger partial charge on any atom is -0.457 e. The van der Waals surface area contributed by atoms with E-state index >= 15 is 0 Å². The van der Waals surface area contributed by atoms with Gasteiger partial charge < -0.3 is 9.26 Å². The largest absolute Gasteiger partial charge is 0.457 e. The van der Waals surface area contributed by atoms with Crippen LogP contribution in [0.4, 0.5) is 4.39 Å². The van der Waals surface area contributed by atoms with E-state index in [0.29, 0.717) is 17.0 Å². The Labute approximate surface area is 173 Å². The van der Waals surface area contributed by atoms with Crippen LogP contribution in [0, 0.1) is 5.82 Å². The highest BCUT2D eigenvalue weighted by Gasteiger charge is 2.16. The van der Waals surface area contributed by atoms with Gasteiger partial charge in [-0.1, -0.05) is 17.3 Å². The first kappa shape index (κ1) is 19.9. The third kappa shape index (κ3) is 4.79. The van der Waals surface area contributed by atoms with Crippen LogP contribution in [0.5, 0.6) is 0 Å². The number of ether oxygens (including phenoxy) is 1. The maximum Gasteiger partial charge on any atom is 0.306 e. The third-order valence-corrected chi connectivity index (χ3v) is 5.15. The topological polar surface area (TPSA) is 82.3 Å². The van der Waals surface area contributed by atoms with E-state index < -0.39 is 5.97 Å². The van der Waals surface area contributed by atoms with Gasteiger partial charge >= 0.3 is 5.97 Å². The molecule has 0 fully saturated rings. The fourth-order valence-electron chi connectivity index (χ4n) is 3.49. The predicted octanol–water partition coefficient (Wildman–Crippen LogP) is 4.11. The molecular weight excluding hydrogens is 387 g/mol. The molecule has 6 nitrogen and oxygen atoms in total. The Bertz CT molecular complexity index is 1060. The van der Waals surface area contributed by atoms with Crippen LogP contribution in [0.25, 0.3) is 11.4 Å². The van der Waals surface area contributed by atoms with Crippen LogP contribution in [0.1, 0.15) is 46.6 Å². The standard InChI is InChI=1S/C23H21FN2O4/c24-19-9-7-16(8-10-19)23-25-21(30-26-23)11-12-22(28)29-14-20(27)18-6-5-15-3-1-2-4-17(15)13-18/h5-10,13H,1-4,11-12,14H2. The van der Waals surface area contributed by atoms with Crippen LogP contribution in [0.3, 0.4) is 0 Å². The number of carbonyl (C=O) groups is 2. The number of hydrogen-bond donors (Lipinski definition) is 0. The number of ketones is 1. The molecule has 1 aliphatic carbocycles. The molecule has 1 aliphatic rings. The van der Waals surface area contributed by atoms with Crippen molar-refractivity contribution in [2.24, 2.45) is 0 Å². The molecule has 0 saturated carbocycles. The van der Waals surface area contributed by atoms with E-state index in [1.54, 1.807) is 18.2 Å². The zero-order chi connectivity index (χ0) is 20.9. The van der Waals surface area contributed by atoms with Crippen LogP contribution >= 0.6 is 0 Å². The quantitative estimate of drug-likeness (QED) is 0.432. The van der Waals surface area contributed by atoms with E-state index in [-0.39, 0.29) is 36.9 Å². The van der Waals surface area contributed by atoms with Crippen LogP contribution in [-0.4, -0.2) is 28.5 Å². The van der Waals surface area contributed by atoms with Crippen LogP contribution in [0.15, 0.2) is 47.0 Å². The Kier molecular flexibility index (Phi) is 5.97. The molecule has 2 aromatic carbocycles. The van der Waals surface area contributed by atoms with Gasteiger partial charge in [0.25, 0.3) is 0 Å². The van der Waals surface area contributed by atoms with Crippen LogP contribution in [0.2, 0.25) is 0 Å². The van der Waals surface area contributed by atoms with Gasteiger partial charge in [-0.2, -0.15) is 4.98 Å². The summed E-state index contributed by atoms with van der Waals surface area (Å²) >= 11 is 0. The third-order valence-electron chi connectivity index (χ3n) is 5.15. The smallest absolute Gasteiger partial charge is 0.306 e. The van der Waals surface area contributed by atoms with Crippen molar-refractivity contribution in [3.8, 4) is 11.4 Å². The zero-order valence-electron chi connectivity index (χ0n) is 16.4. The average molecular weight is 408 g/mol. The van der Waals surface area contributed by atoms with Crippen molar-refractivity contribution in [1.29, 1.82) is 0 Å². The molecule has 0 aliphatic heterocycles. The molecule has 0 atom stereocenters.